The fourth-order valence-electron chi connectivity index (χ4n) is 4.51. The van der Waals surface area contributed by atoms with Crippen LogP contribution >= 0.6 is 0 Å². The maximum atomic E-state index is 13.0. The molecular formula is C27H31N3O3. The van der Waals surface area contributed by atoms with E-state index in [1.807, 2.05) is 30.9 Å². The van der Waals surface area contributed by atoms with Crippen molar-refractivity contribution >= 4 is 11.8 Å². The highest BCUT2D eigenvalue weighted by atomic mass is 16.5. The van der Waals surface area contributed by atoms with Crippen molar-refractivity contribution in [1.29, 1.82) is 0 Å². The van der Waals surface area contributed by atoms with Gasteiger partial charge < -0.3 is 14.7 Å². The first-order valence-electron chi connectivity index (χ1n) is 11.5. The molecule has 6 heteroatoms. The lowest BCUT2D eigenvalue weighted by Gasteiger charge is -2.24. The van der Waals surface area contributed by atoms with Crippen LogP contribution in [0, 0.1) is 26.7 Å². The zero-order chi connectivity index (χ0) is 23.4. The second-order valence-electron chi connectivity index (χ2n) is 8.86. The van der Waals surface area contributed by atoms with Gasteiger partial charge in [0.2, 0.25) is 11.8 Å². The first-order valence-corrected chi connectivity index (χ1v) is 11.5. The van der Waals surface area contributed by atoms with Crippen molar-refractivity contribution in [3.63, 3.8) is 0 Å². The van der Waals surface area contributed by atoms with E-state index in [4.69, 9.17) is 4.52 Å². The highest BCUT2D eigenvalue weighted by molar-refractivity contribution is 5.82. The van der Waals surface area contributed by atoms with Gasteiger partial charge in [-0.15, -0.1) is 0 Å². The topological polar surface area (TPSA) is 75.4 Å². The lowest BCUT2D eigenvalue weighted by Crippen LogP contribution is -2.37. The van der Waals surface area contributed by atoms with Crippen molar-refractivity contribution in [3.8, 4) is 11.1 Å². The van der Waals surface area contributed by atoms with Crippen LogP contribution in [-0.4, -0.2) is 41.5 Å². The number of aryl methyl sites for hydroxylation is 3. The van der Waals surface area contributed by atoms with Gasteiger partial charge in [-0.2, -0.15) is 0 Å². The fourth-order valence-corrected chi connectivity index (χ4v) is 4.51. The number of aromatic nitrogens is 1. The first kappa shape index (κ1) is 22.8. The monoisotopic (exact) mass is 445 g/mol. The van der Waals surface area contributed by atoms with Crippen LogP contribution in [0.5, 0.6) is 0 Å². The Balaban J connectivity index is 1.48. The summed E-state index contributed by atoms with van der Waals surface area (Å²) in [6, 6.07) is 16.6. The van der Waals surface area contributed by atoms with Gasteiger partial charge in [-0.1, -0.05) is 59.3 Å². The number of hydrogen-bond donors (Lipinski definition) is 1. The van der Waals surface area contributed by atoms with Gasteiger partial charge in [-0.05, 0) is 50.3 Å². The summed E-state index contributed by atoms with van der Waals surface area (Å²) in [5.41, 5.74) is 6.43. The number of benzene rings is 2. The normalized spacial score (nSPS) is 16.4. The molecule has 2 heterocycles. The summed E-state index contributed by atoms with van der Waals surface area (Å²) in [7, 11) is 0. The second-order valence-corrected chi connectivity index (χ2v) is 8.86. The van der Waals surface area contributed by atoms with Crippen molar-refractivity contribution in [2.45, 2.75) is 40.0 Å². The molecule has 1 N–H and O–H groups in total. The number of rotatable bonds is 6. The SMILES string of the molecule is Cc1ccc(-c2ccccc2CC2CN(C(=O)CCc3c(C)noc3C)CCNC2=O)cc1. The van der Waals surface area contributed by atoms with E-state index in [-0.39, 0.29) is 17.7 Å². The molecule has 0 saturated carbocycles. The fraction of sp³-hybridized carbons (Fsp3) is 0.370. The number of carbonyl (C=O) groups excluding carboxylic acids is 2. The lowest BCUT2D eigenvalue weighted by atomic mass is 9.91. The average molecular weight is 446 g/mol. The maximum Gasteiger partial charge on any atom is 0.225 e. The molecule has 172 valence electrons. The molecule has 33 heavy (non-hydrogen) atoms. The zero-order valence-corrected chi connectivity index (χ0v) is 19.6. The molecule has 1 aliphatic rings. The molecule has 6 nitrogen and oxygen atoms in total. The van der Waals surface area contributed by atoms with E-state index in [0.717, 1.165) is 33.7 Å². The Labute approximate surface area is 195 Å². The minimum absolute atomic E-state index is 0.00901. The molecule has 1 saturated heterocycles. The van der Waals surface area contributed by atoms with Gasteiger partial charge in [0.05, 0.1) is 11.6 Å². The Morgan fingerprint density at radius 1 is 1.12 bits per heavy atom. The molecule has 1 atom stereocenters. The van der Waals surface area contributed by atoms with Gasteiger partial charge in [0, 0.05) is 31.6 Å². The largest absolute Gasteiger partial charge is 0.361 e. The minimum atomic E-state index is -0.290. The minimum Gasteiger partial charge on any atom is -0.361 e. The van der Waals surface area contributed by atoms with Crippen LogP contribution < -0.4 is 5.32 Å². The highest BCUT2D eigenvalue weighted by Gasteiger charge is 2.28. The summed E-state index contributed by atoms with van der Waals surface area (Å²) in [5.74, 6) is 0.541. The van der Waals surface area contributed by atoms with Crippen molar-refractivity contribution in [1.82, 2.24) is 15.4 Å². The third-order valence-electron chi connectivity index (χ3n) is 6.46. The van der Waals surface area contributed by atoms with Crippen LogP contribution in [0.1, 0.15) is 34.6 Å². The van der Waals surface area contributed by atoms with Crippen molar-refractivity contribution in [3.05, 3.63) is 76.7 Å². The third kappa shape index (κ3) is 5.33. The first-order chi connectivity index (χ1) is 15.9. The average Bonchev–Trinajstić information content (AvgIpc) is 3.01. The molecule has 1 aromatic heterocycles. The number of nitrogens with zero attached hydrogens (tertiary/aromatic N) is 2. The third-order valence-corrected chi connectivity index (χ3v) is 6.46. The van der Waals surface area contributed by atoms with Gasteiger partial charge in [0.25, 0.3) is 0 Å². The molecule has 1 unspecified atom stereocenters. The van der Waals surface area contributed by atoms with Crippen molar-refractivity contribution in [2.75, 3.05) is 19.6 Å². The number of hydrogen-bond acceptors (Lipinski definition) is 4. The van der Waals surface area contributed by atoms with Crippen LogP contribution in [0.4, 0.5) is 0 Å². The number of amides is 2. The van der Waals surface area contributed by atoms with Crippen molar-refractivity contribution < 1.29 is 14.1 Å². The molecule has 0 spiro atoms. The Kier molecular flexibility index (Phi) is 6.92. The van der Waals surface area contributed by atoms with Gasteiger partial charge in [-0.25, -0.2) is 0 Å². The molecule has 0 aliphatic carbocycles. The van der Waals surface area contributed by atoms with Crippen LogP contribution in [-0.2, 0) is 22.4 Å². The van der Waals surface area contributed by atoms with Crippen LogP contribution in [0.3, 0.4) is 0 Å². The quantitative estimate of drug-likeness (QED) is 0.622. The Morgan fingerprint density at radius 3 is 2.61 bits per heavy atom. The lowest BCUT2D eigenvalue weighted by molar-refractivity contribution is -0.132. The van der Waals surface area contributed by atoms with E-state index in [0.29, 0.717) is 38.9 Å². The Bertz CT molecular complexity index is 1110. The van der Waals surface area contributed by atoms with E-state index in [1.165, 1.54) is 5.56 Å². The summed E-state index contributed by atoms with van der Waals surface area (Å²) in [4.78, 5) is 27.7. The van der Waals surface area contributed by atoms with Gasteiger partial charge in [-0.3, -0.25) is 9.59 Å². The van der Waals surface area contributed by atoms with E-state index >= 15 is 0 Å². The highest BCUT2D eigenvalue weighted by Crippen LogP contribution is 2.27. The van der Waals surface area contributed by atoms with Gasteiger partial charge >= 0.3 is 0 Å². The predicted octanol–water partition coefficient (Wildman–Crippen LogP) is 4.02. The van der Waals surface area contributed by atoms with E-state index < -0.39 is 0 Å². The summed E-state index contributed by atoms with van der Waals surface area (Å²) < 4.78 is 5.22. The molecule has 3 aromatic rings. The summed E-state index contributed by atoms with van der Waals surface area (Å²) >= 11 is 0. The van der Waals surface area contributed by atoms with E-state index in [2.05, 4.69) is 53.8 Å². The Hall–Kier alpha value is -3.41. The molecule has 2 aromatic carbocycles. The molecule has 0 bridgehead atoms. The van der Waals surface area contributed by atoms with Crippen LogP contribution in [0.25, 0.3) is 11.1 Å². The standard InChI is InChI=1S/C27H31N3O3/c1-18-8-10-21(11-9-18)25-7-5-4-6-22(25)16-23-17-30(15-14-28-27(23)32)26(31)13-12-24-19(2)29-33-20(24)3/h4-11,23H,12-17H2,1-3H3,(H,28,32). The molecule has 1 aliphatic heterocycles. The summed E-state index contributed by atoms with van der Waals surface area (Å²) in [6.07, 6.45) is 1.56. The molecule has 1 fully saturated rings. The predicted molar refractivity (Wildman–Crippen MR) is 128 cm³/mol. The van der Waals surface area contributed by atoms with Gasteiger partial charge in [0.15, 0.2) is 0 Å². The zero-order valence-electron chi connectivity index (χ0n) is 19.6. The molecular weight excluding hydrogens is 414 g/mol. The molecule has 2 amide bonds. The number of carbonyl (C=O) groups is 2. The van der Waals surface area contributed by atoms with Gasteiger partial charge in [0.1, 0.15) is 5.76 Å². The van der Waals surface area contributed by atoms with E-state index in [9.17, 15) is 9.59 Å². The van der Waals surface area contributed by atoms with Crippen LogP contribution in [0.15, 0.2) is 53.1 Å². The van der Waals surface area contributed by atoms with E-state index in [1.54, 1.807) is 0 Å². The van der Waals surface area contributed by atoms with Crippen molar-refractivity contribution in [2.24, 2.45) is 5.92 Å². The smallest absolute Gasteiger partial charge is 0.225 e. The second kappa shape index (κ2) is 10.0. The number of nitrogens with one attached hydrogen (secondary N) is 1. The van der Waals surface area contributed by atoms with Crippen LogP contribution in [0.2, 0.25) is 0 Å². The molecule has 4 rings (SSSR count). The Morgan fingerprint density at radius 2 is 1.88 bits per heavy atom. The summed E-state index contributed by atoms with van der Waals surface area (Å²) in [6.45, 7) is 7.27. The molecule has 0 radical (unpaired) electrons. The maximum absolute atomic E-state index is 13.0. The summed E-state index contributed by atoms with van der Waals surface area (Å²) in [5, 5.41) is 6.97.